The number of ether oxygens (including phenoxy) is 1. The number of fused-ring (bicyclic) bond motifs is 1. The summed E-state index contributed by atoms with van der Waals surface area (Å²) in [4.78, 5) is 35.5. The quantitative estimate of drug-likeness (QED) is 0.639. The van der Waals surface area contributed by atoms with Crippen molar-refractivity contribution in [3.05, 3.63) is 34.2 Å². The second-order valence-corrected chi connectivity index (χ2v) is 5.40. The Balaban J connectivity index is 2.71. The van der Waals surface area contributed by atoms with Gasteiger partial charge in [0.05, 0.1) is 6.61 Å². The first kappa shape index (κ1) is 14.4. The molecule has 1 heterocycles. The molecule has 20 heavy (non-hydrogen) atoms. The van der Waals surface area contributed by atoms with Crippen LogP contribution < -0.4 is 0 Å². The van der Waals surface area contributed by atoms with E-state index in [1.807, 2.05) is 0 Å². The van der Waals surface area contributed by atoms with E-state index in [1.54, 1.807) is 25.1 Å². The van der Waals surface area contributed by atoms with Crippen molar-refractivity contribution in [1.82, 2.24) is 0 Å². The lowest BCUT2D eigenvalue weighted by atomic mass is 10.0. The summed E-state index contributed by atoms with van der Waals surface area (Å²) in [6, 6.07) is 4.89. The number of Topliss-reactive ketones (excluding diaryl/α,β-unsaturated/α-hetero) is 2. The van der Waals surface area contributed by atoms with Crippen LogP contribution in [-0.2, 0) is 4.74 Å². The van der Waals surface area contributed by atoms with E-state index in [2.05, 4.69) is 0 Å². The number of benzene rings is 1. The Hall–Kier alpha value is -2.01. The molecule has 0 aliphatic heterocycles. The molecule has 104 valence electrons. The van der Waals surface area contributed by atoms with Crippen LogP contribution >= 0.6 is 11.3 Å². The number of rotatable bonds is 4. The van der Waals surface area contributed by atoms with Crippen LogP contribution in [0.5, 0.6) is 0 Å². The Morgan fingerprint density at radius 2 is 1.70 bits per heavy atom. The van der Waals surface area contributed by atoms with Crippen molar-refractivity contribution >= 4 is 39.0 Å². The normalized spacial score (nSPS) is 10.6. The Labute approximate surface area is 120 Å². The third-order valence-electron chi connectivity index (χ3n) is 2.92. The molecular formula is C15H14O4S. The van der Waals surface area contributed by atoms with E-state index in [0.29, 0.717) is 26.1 Å². The zero-order valence-electron chi connectivity index (χ0n) is 11.5. The van der Waals surface area contributed by atoms with E-state index < -0.39 is 5.97 Å². The molecule has 4 nitrogen and oxygen atoms in total. The van der Waals surface area contributed by atoms with Crippen LogP contribution in [0.3, 0.4) is 0 Å². The Kier molecular flexibility index (Phi) is 3.99. The van der Waals surface area contributed by atoms with Gasteiger partial charge in [0.1, 0.15) is 4.88 Å². The highest BCUT2D eigenvalue weighted by Crippen LogP contribution is 2.32. The minimum Gasteiger partial charge on any atom is -0.462 e. The SMILES string of the molecule is CCOC(=O)c1cc2c(C(C)=O)ccc(C(C)=O)c2s1. The molecule has 0 amide bonds. The minimum atomic E-state index is -0.433. The number of hydrogen-bond donors (Lipinski definition) is 0. The van der Waals surface area contributed by atoms with E-state index in [9.17, 15) is 14.4 Å². The predicted octanol–water partition coefficient (Wildman–Crippen LogP) is 3.48. The average molecular weight is 290 g/mol. The molecule has 0 aliphatic rings. The summed E-state index contributed by atoms with van der Waals surface area (Å²) in [5.41, 5.74) is 1.03. The Morgan fingerprint density at radius 3 is 2.25 bits per heavy atom. The predicted molar refractivity (Wildman–Crippen MR) is 77.8 cm³/mol. The van der Waals surface area contributed by atoms with Crippen LogP contribution in [0.2, 0.25) is 0 Å². The van der Waals surface area contributed by atoms with Crippen LogP contribution in [0.25, 0.3) is 10.1 Å². The number of carbonyl (C=O) groups excluding carboxylic acids is 3. The number of ketones is 2. The van der Waals surface area contributed by atoms with Gasteiger partial charge in [-0.05, 0) is 39.0 Å². The molecule has 0 bridgehead atoms. The second kappa shape index (κ2) is 5.54. The van der Waals surface area contributed by atoms with E-state index >= 15 is 0 Å². The minimum absolute atomic E-state index is 0.0950. The summed E-state index contributed by atoms with van der Waals surface area (Å²) in [6.45, 7) is 4.94. The summed E-state index contributed by atoms with van der Waals surface area (Å²) in [5.74, 6) is -0.627. The van der Waals surface area contributed by atoms with Crippen LogP contribution in [0.4, 0.5) is 0 Å². The molecule has 0 saturated heterocycles. The maximum absolute atomic E-state index is 11.8. The standard InChI is InChI=1S/C15H14O4S/c1-4-19-15(18)13-7-12-10(8(2)16)5-6-11(9(3)17)14(12)20-13/h5-7H,4H2,1-3H3. The maximum Gasteiger partial charge on any atom is 0.348 e. The fourth-order valence-corrected chi connectivity index (χ4v) is 3.15. The van der Waals surface area contributed by atoms with Crippen LogP contribution in [0, 0.1) is 0 Å². The molecule has 0 saturated carbocycles. The largest absolute Gasteiger partial charge is 0.462 e. The molecule has 2 aromatic rings. The molecule has 0 fully saturated rings. The number of esters is 1. The molecule has 0 N–H and O–H groups in total. The fraction of sp³-hybridized carbons (Fsp3) is 0.267. The van der Waals surface area contributed by atoms with Crippen molar-refractivity contribution in [1.29, 1.82) is 0 Å². The molecule has 5 heteroatoms. The Bertz CT molecular complexity index is 661. The lowest BCUT2D eigenvalue weighted by molar-refractivity contribution is 0.0532. The van der Waals surface area contributed by atoms with Crippen molar-refractivity contribution in [3.63, 3.8) is 0 Å². The lowest BCUT2D eigenvalue weighted by Gasteiger charge is -2.02. The second-order valence-electron chi connectivity index (χ2n) is 4.35. The number of hydrogen-bond acceptors (Lipinski definition) is 5. The molecule has 0 atom stereocenters. The van der Waals surface area contributed by atoms with Gasteiger partial charge in [-0.1, -0.05) is 0 Å². The summed E-state index contributed by atoms with van der Waals surface area (Å²) >= 11 is 1.18. The first-order valence-electron chi connectivity index (χ1n) is 6.21. The van der Waals surface area contributed by atoms with Gasteiger partial charge in [-0.25, -0.2) is 4.79 Å². The van der Waals surface area contributed by atoms with E-state index in [1.165, 1.54) is 25.2 Å². The van der Waals surface area contributed by atoms with Gasteiger partial charge in [0.2, 0.25) is 0 Å². The third kappa shape index (κ3) is 2.49. The third-order valence-corrected chi connectivity index (χ3v) is 4.07. The van der Waals surface area contributed by atoms with Crippen LogP contribution in [-0.4, -0.2) is 24.1 Å². The summed E-state index contributed by atoms with van der Waals surface area (Å²) in [6.07, 6.45) is 0. The topological polar surface area (TPSA) is 60.4 Å². The van der Waals surface area contributed by atoms with E-state index in [4.69, 9.17) is 4.74 Å². The van der Waals surface area contributed by atoms with Crippen LogP contribution in [0.1, 0.15) is 51.2 Å². The summed E-state index contributed by atoms with van der Waals surface area (Å²) < 4.78 is 5.62. The molecule has 0 unspecified atom stereocenters. The zero-order valence-corrected chi connectivity index (χ0v) is 12.3. The fourth-order valence-electron chi connectivity index (χ4n) is 2.01. The highest BCUT2D eigenvalue weighted by molar-refractivity contribution is 7.21. The molecule has 2 rings (SSSR count). The van der Waals surface area contributed by atoms with Crippen molar-refractivity contribution in [2.24, 2.45) is 0 Å². The van der Waals surface area contributed by atoms with Crippen molar-refractivity contribution in [3.8, 4) is 0 Å². The first-order valence-corrected chi connectivity index (χ1v) is 7.03. The van der Waals surface area contributed by atoms with Gasteiger partial charge in [0.25, 0.3) is 0 Å². The summed E-state index contributed by atoms with van der Waals surface area (Å²) in [7, 11) is 0. The van der Waals surface area contributed by atoms with Crippen molar-refractivity contribution in [2.75, 3.05) is 6.61 Å². The highest BCUT2D eigenvalue weighted by atomic mass is 32.1. The number of thiophene rings is 1. The van der Waals surface area contributed by atoms with Gasteiger partial charge >= 0.3 is 5.97 Å². The smallest absolute Gasteiger partial charge is 0.348 e. The molecular weight excluding hydrogens is 276 g/mol. The molecule has 0 aliphatic carbocycles. The van der Waals surface area contributed by atoms with Crippen LogP contribution in [0.15, 0.2) is 18.2 Å². The lowest BCUT2D eigenvalue weighted by Crippen LogP contribution is -2.01. The van der Waals surface area contributed by atoms with Gasteiger partial charge in [-0.2, -0.15) is 0 Å². The zero-order chi connectivity index (χ0) is 14.9. The van der Waals surface area contributed by atoms with Gasteiger partial charge in [0.15, 0.2) is 11.6 Å². The van der Waals surface area contributed by atoms with E-state index in [0.717, 1.165) is 0 Å². The molecule has 1 aromatic carbocycles. The van der Waals surface area contributed by atoms with Gasteiger partial charge in [-0.3, -0.25) is 9.59 Å². The summed E-state index contributed by atoms with van der Waals surface area (Å²) in [5, 5.41) is 0.637. The van der Waals surface area contributed by atoms with Crippen molar-refractivity contribution in [2.45, 2.75) is 20.8 Å². The maximum atomic E-state index is 11.8. The molecule has 0 radical (unpaired) electrons. The first-order chi connectivity index (χ1) is 9.45. The van der Waals surface area contributed by atoms with Gasteiger partial charge < -0.3 is 4.74 Å². The van der Waals surface area contributed by atoms with Gasteiger partial charge in [-0.15, -0.1) is 11.3 Å². The molecule has 1 aromatic heterocycles. The highest BCUT2D eigenvalue weighted by Gasteiger charge is 2.18. The van der Waals surface area contributed by atoms with Gasteiger partial charge in [0, 0.05) is 21.2 Å². The van der Waals surface area contributed by atoms with E-state index in [-0.39, 0.29) is 18.2 Å². The average Bonchev–Trinajstić information content (AvgIpc) is 2.81. The molecule has 0 spiro atoms. The Morgan fingerprint density at radius 1 is 1.10 bits per heavy atom. The van der Waals surface area contributed by atoms with Crippen molar-refractivity contribution < 1.29 is 19.1 Å². The number of carbonyl (C=O) groups is 3. The monoisotopic (exact) mass is 290 g/mol.